The molecular formula is C18H10FN3OS2. The van der Waals surface area contributed by atoms with Gasteiger partial charge in [0, 0.05) is 0 Å². The molecule has 0 N–H and O–H groups in total. The lowest BCUT2D eigenvalue weighted by molar-refractivity contribution is -0.113. The molecule has 122 valence electrons. The maximum absolute atomic E-state index is 13.4. The van der Waals surface area contributed by atoms with E-state index in [1.807, 2.05) is 24.3 Å². The molecule has 0 spiro atoms. The number of thioether (sulfide) groups is 1. The number of anilines is 1. The van der Waals surface area contributed by atoms with Crippen LogP contribution >= 0.6 is 24.0 Å². The number of thiocarbonyl (C=S) groups is 1. The zero-order chi connectivity index (χ0) is 17.4. The molecule has 1 aliphatic heterocycles. The Hall–Kier alpha value is -2.64. The highest BCUT2D eigenvalue weighted by atomic mass is 32.2. The molecule has 0 bridgehead atoms. The van der Waals surface area contributed by atoms with Gasteiger partial charge in [0.2, 0.25) is 0 Å². The highest BCUT2D eigenvalue weighted by Crippen LogP contribution is 2.36. The second-order valence-electron chi connectivity index (χ2n) is 5.28. The zero-order valence-corrected chi connectivity index (χ0v) is 14.4. The monoisotopic (exact) mass is 367 g/mol. The molecule has 1 aliphatic rings. The van der Waals surface area contributed by atoms with Gasteiger partial charge >= 0.3 is 0 Å². The van der Waals surface area contributed by atoms with Gasteiger partial charge in [-0.05, 0) is 36.4 Å². The molecule has 1 aromatic heterocycles. The standard InChI is InChI=1S/C18H10FN3OS2/c19-11-4-3-5-13(8-11)22-17(23)16(25-18(22)24)9-12-10-20-14-6-1-2-7-15(14)21-12/h1-10H/b16-9+. The first-order valence-electron chi connectivity index (χ1n) is 7.37. The van der Waals surface area contributed by atoms with Crippen LogP contribution in [0.1, 0.15) is 5.69 Å². The number of benzene rings is 2. The van der Waals surface area contributed by atoms with E-state index in [0.717, 1.165) is 22.8 Å². The van der Waals surface area contributed by atoms with Gasteiger partial charge in [-0.15, -0.1) is 0 Å². The summed E-state index contributed by atoms with van der Waals surface area (Å²) in [4.78, 5) is 23.2. The molecule has 4 nitrogen and oxygen atoms in total. The van der Waals surface area contributed by atoms with Crippen molar-refractivity contribution in [3.8, 4) is 0 Å². The van der Waals surface area contributed by atoms with Crippen molar-refractivity contribution in [3.05, 3.63) is 71.1 Å². The van der Waals surface area contributed by atoms with Crippen molar-refractivity contribution in [2.45, 2.75) is 0 Å². The third-order valence-electron chi connectivity index (χ3n) is 3.61. The summed E-state index contributed by atoms with van der Waals surface area (Å²) < 4.78 is 13.8. The maximum Gasteiger partial charge on any atom is 0.270 e. The predicted molar refractivity (Wildman–Crippen MR) is 102 cm³/mol. The fraction of sp³-hybridized carbons (Fsp3) is 0. The molecule has 25 heavy (non-hydrogen) atoms. The van der Waals surface area contributed by atoms with Crippen LogP contribution < -0.4 is 4.90 Å². The van der Waals surface area contributed by atoms with Crippen LogP contribution in [0.15, 0.2) is 59.6 Å². The Balaban J connectivity index is 1.69. The quantitative estimate of drug-likeness (QED) is 0.502. The van der Waals surface area contributed by atoms with E-state index >= 15 is 0 Å². The molecule has 0 radical (unpaired) electrons. The Morgan fingerprint density at radius 1 is 1.12 bits per heavy atom. The third-order valence-corrected chi connectivity index (χ3v) is 4.91. The molecule has 4 rings (SSSR count). The second kappa shape index (κ2) is 6.34. The van der Waals surface area contributed by atoms with Crippen LogP contribution in [-0.4, -0.2) is 20.2 Å². The summed E-state index contributed by atoms with van der Waals surface area (Å²) in [5.74, 6) is -0.716. The van der Waals surface area contributed by atoms with Gasteiger partial charge in [0.25, 0.3) is 5.91 Å². The zero-order valence-electron chi connectivity index (χ0n) is 12.7. The van der Waals surface area contributed by atoms with E-state index < -0.39 is 5.82 Å². The number of fused-ring (bicyclic) bond motifs is 1. The molecule has 1 saturated heterocycles. The Kier molecular flexibility index (Phi) is 4.03. The Bertz CT molecular complexity index is 1050. The second-order valence-corrected chi connectivity index (χ2v) is 6.96. The Morgan fingerprint density at radius 2 is 1.92 bits per heavy atom. The Labute approximate surface area is 152 Å². The van der Waals surface area contributed by atoms with E-state index in [-0.39, 0.29) is 5.91 Å². The summed E-state index contributed by atoms with van der Waals surface area (Å²) in [5.41, 5.74) is 2.51. The molecule has 0 unspecified atom stereocenters. The van der Waals surface area contributed by atoms with Crippen molar-refractivity contribution in [2.24, 2.45) is 0 Å². The number of para-hydroxylation sites is 2. The molecule has 0 aliphatic carbocycles. The lowest BCUT2D eigenvalue weighted by Gasteiger charge is -2.14. The molecule has 2 heterocycles. The lowest BCUT2D eigenvalue weighted by Crippen LogP contribution is -2.27. The SMILES string of the molecule is O=C1/C(=C\c2cnc3ccccc3n2)SC(=S)N1c1cccc(F)c1. The molecule has 1 amide bonds. The number of carbonyl (C=O) groups excluding carboxylic acids is 1. The van der Waals surface area contributed by atoms with Crippen LogP contribution in [0.5, 0.6) is 0 Å². The van der Waals surface area contributed by atoms with Crippen molar-refractivity contribution in [2.75, 3.05) is 4.90 Å². The average Bonchev–Trinajstić information content (AvgIpc) is 2.88. The van der Waals surface area contributed by atoms with E-state index in [1.165, 1.54) is 17.0 Å². The number of aromatic nitrogens is 2. The molecule has 1 fully saturated rings. The van der Waals surface area contributed by atoms with Gasteiger partial charge in [-0.3, -0.25) is 14.7 Å². The fourth-order valence-corrected chi connectivity index (χ4v) is 3.76. The maximum atomic E-state index is 13.4. The van der Waals surface area contributed by atoms with Crippen molar-refractivity contribution < 1.29 is 9.18 Å². The molecular weight excluding hydrogens is 357 g/mol. The van der Waals surface area contributed by atoms with E-state index in [2.05, 4.69) is 9.97 Å². The van der Waals surface area contributed by atoms with E-state index in [0.29, 0.717) is 20.6 Å². The third kappa shape index (κ3) is 3.04. The number of hydrogen-bond donors (Lipinski definition) is 0. The molecule has 0 saturated carbocycles. The van der Waals surface area contributed by atoms with Gasteiger partial charge in [0.05, 0.1) is 33.5 Å². The van der Waals surface area contributed by atoms with Crippen molar-refractivity contribution >= 4 is 57.0 Å². The van der Waals surface area contributed by atoms with E-state index in [9.17, 15) is 9.18 Å². The first-order chi connectivity index (χ1) is 12.1. The molecule has 0 atom stereocenters. The van der Waals surface area contributed by atoms with Crippen molar-refractivity contribution in [1.29, 1.82) is 0 Å². The van der Waals surface area contributed by atoms with E-state index in [4.69, 9.17) is 12.2 Å². The minimum atomic E-state index is -0.420. The summed E-state index contributed by atoms with van der Waals surface area (Å²) in [5, 5.41) is 0. The van der Waals surface area contributed by atoms with Gasteiger partial charge in [-0.2, -0.15) is 0 Å². The summed E-state index contributed by atoms with van der Waals surface area (Å²) in [6.45, 7) is 0. The number of hydrogen-bond acceptors (Lipinski definition) is 5. The van der Waals surface area contributed by atoms with Crippen molar-refractivity contribution in [1.82, 2.24) is 9.97 Å². The highest BCUT2D eigenvalue weighted by Gasteiger charge is 2.33. The Morgan fingerprint density at radius 3 is 2.72 bits per heavy atom. The predicted octanol–water partition coefficient (Wildman–Crippen LogP) is 4.17. The number of rotatable bonds is 2. The smallest absolute Gasteiger partial charge is 0.268 e. The summed E-state index contributed by atoms with van der Waals surface area (Å²) in [6, 6.07) is 13.3. The topological polar surface area (TPSA) is 46.1 Å². The minimum Gasteiger partial charge on any atom is -0.268 e. The summed E-state index contributed by atoms with van der Waals surface area (Å²) in [7, 11) is 0. The van der Waals surface area contributed by atoms with Gasteiger partial charge in [-0.25, -0.2) is 9.37 Å². The summed E-state index contributed by atoms with van der Waals surface area (Å²) in [6.07, 6.45) is 3.26. The molecule has 2 aromatic carbocycles. The normalized spacial score (nSPS) is 16.2. The lowest BCUT2D eigenvalue weighted by atomic mass is 10.2. The van der Waals surface area contributed by atoms with Crippen LogP contribution in [0.4, 0.5) is 10.1 Å². The fourth-order valence-electron chi connectivity index (χ4n) is 2.48. The number of amides is 1. The largest absolute Gasteiger partial charge is 0.270 e. The van der Waals surface area contributed by atoms with E-state index in [1.54, 1.807) is 24.4 Å². The van der Waals surface area contributed by atoms with Crippen LogP contribution in [0.25, 0.3) is 17.1 Å². The minimum absolute atomic E-state index is 0.296. The van der Waals surface area contributed by atoms with Crippen molar-refractivity contribution in [3.63, 3.8) is 0 Å². The number of carbonyl (C=O) groups is 1. The average molecular weight is 367 g/mol. The van der Waals surface area contributed by atoms with Gasteiger partial charge < -0.3 is 0 Å². The van der Waals surface area contributed by atoms with Crippen LogP contribution in [0.3, 0.4) is 0 Å². The molecule has 3 aromatic rings. The van der Waals surface area contributed by atoms with Gasteiger partial charge in [0.1, 0.15) is 5.82 Å². The number of halogens is 1. The highest BCUT2D eigenvalue weighted by molar-refractivity contribution is 8.27. The number of nitrogens with zero attached hydrogens (tertiary/aromatic N) is 3. The van der Waals surface area contributed by atoms with Crippen LogP contribution in [-0.2, 0) is 4.79 Å². The van der Waals surface area contributed by atoms with Crippen LogP contribution in [0, 0.1) is 5.82 Å². The van der Waals surface area contributed by atoms with Gasteiger partial charge in [0.15, 0.2) is 4.32 Å². The summed E-state index contributed by atoms with van der Waals surface area (Å²) >= 11 is 6.44. The molecule has 7 heteroatoms. The van der Waals surface area contributed by atoms with Crippen LogP contribution in [0.2, 0.25) is 0 Å². The first-order valence-corrected chi connectivity index (χ1v) is 8.59. The van der Waals surface area contributed by atoms with Gasteiger partial charge in [-0.1, -0.05) is 42.2 Å². The first kappa shape index (κ1) is 15.9.